The minimum Gasteiger partial charge on any atom is -0.310 e. The fourth-order valence-corrected chi connectivity index (χ4v) is 9.94. The summed E-state index contributed by atoms with van der Waals surface area (Å²) in [5, 5.41) is 10.1. The van der Waals surface area contributed by atoms with E-state index in [1.165, 1.54) is 98.7 Å². The van der Waals surface area contributed by atoms with E-state index in [0.717, 1.165) is 17.1 Å². The molecule has 0 aromatic heterocycles. The molecule has 65 heavy (non-hydrogen) atoms. The number of fused-ring (bicyclic) bond motifs is 6. The van der Waals surface area contributed by atoms with E-state index in [0.29, 0.717) is 0 Å². The largest absolute Gasteiger partial charge is 0.310 e. The third-order valence-electron chi connectivity index (χ3n) is 13.1. The van der Waals surface area contributed by atoms with Crippen molar-refractivity contribution in [2.45, 2.75) is 0 Å². The highest BCUT2D eigenvalue weighted by atomic mass is 15.1. The lowest BCUT2D eigenvalue weighted by atomic mass is 9.87. The zero-order valence-corrected chi connectivity index (χ0v) is 35.8. The van der Waals surface area contributed by atoms with Crippen LogP contribution in [0.25, 0.3) is 98.7 Å². The van der Waals surface area contributed by atoms with Crippen molar-refractivity contribution in [1.82, 2.24) is 0 Å². The van der Waals surface area contributed by atoms with E-state index in [-0.39, 0.29) is 0 Å². The Morgan fingerprint density at radius 3 is 1.38 bits per heavy atom. The molecule has 0 spiro atoms. The first-order valence-corrected chi connectivity index (χ1v) is 22.4. The SMILES string of the molecule is c1ccc(-c2ccccc2-c2c(-c3ccccc3)cccc2N(c2ccc(-c3ccc4c(ccc5ccccc54)c3)cc2)c2ccc(-c3cc4ccccc4c4ccccc34)cc2)cc1. The van der Waals surface area contributed by atoms with Gasteiger partial charge < -0.3 is 4.90 Å². The Bertz CT molecular complexity index is 3680. The molecular weight excluding hydrogens is 783 g/mol. The van der Waals surface area contributed by atoms with Gasteiger partial charge in [-0.1, -0.05) is 218 Å². The number of rotatable bonds is 8. The van der Waals surface area contributed by atoms with Gasteiger partial charge in [-0.05, 0) is 136 Å². The van der Waals surface area contributed by atoms with Gasteiger partial charge in [-0.3, -0.25) is 0 Å². The van der Waals surface area contributed by atoms with Gasteiger partial charge in [0.2, 0.25) is 0 Å². The summed E-state index contributed by atoms with van der Waals surface area (Å²) in [5.41, 5.74) is 15.1. The molecule has 0 unspecified atom stereocenters. The molecule has 0 atom stereocenters. The summed E-state index contributed by atoms with van der Waals surface area (Å²) < 4.78 is 0. The maximum atomic E-state index is 2.45. The van der Waals surface area contributed by atoms with Gasteiger partial charge in [0.25, 0.3) is 0 Å². The minimum atomic E-state index is 1.08. The molecular formula is C64H43N. The van der Waals surface area contributed by atoms with Gasteiger partial charge in [0.05, 0.1) is 5.69 Å². The molecule has 0 N–H and O–H groups in total. The third-order valence-corrected chi connectivity index (χ3v) is 13.1. The van der Waals surface area contributed by atoms with Crippen molar-refractivity contribution < 1.29 is 0 Å². The zero-order valence-electron chi connectivity index (χ0n) is 35.8. The highest BCUT2D eigenvalue weighted by Crippen LogP contribution is 2.48. The van der Waals surface area contributed by atoms with Crippen molar-refractivity contribution in [3.8, 4) is 55.6 Å². The van der Waals surface area contributed by atoms with Crippen molar-refractivity contribution in [2.75, 3.05) is 4.90 Å². The highest BCUT2D eigenvalue weighted by Gasteiger charge is 2.23. The Hall–Kier alpha value is -8.52. The summed E-state index contributed by atoms with van der Waals surface area (Å²) in [4.78, 5) is 2.45. The maximum absolute atomic E-state index is 2.45. The van der Waals surface area contributed by atoms with Gasteiger partial charge in [-0.2, -0.15) is 0 Å². The number of anilines is 3. The van der Waals surface area contributed by atoms with Crippen LogP contribution in [0.5, 0.6) is 0 Å². The monoisotopic (exact) mass is 825 g/mol. The molecule has 12 rings (SSSR count). The Labute approximate surface area is 379 Å². The van der Waals surface area contributed by atoms with E-state index in [9.17, 15) is 0 Å². The van der Waals surface area contributed by atoms with Crippen LogP contribution < -0.4 is 4.90 Å². The Morgan fingerprint density at radius 2 is 0.677 bits per heavy atom. The van der Waals surface area contributed by atoms with E-state index < -0.39 is 0 Å². The van der Waals surface area contributed by atoms with E-state index in [4.69, 9.17) is 0 Å². The predicted molar refractivity (Wildman–Crippen MR) is 278 cm³/mol. The average molecular weight is 826 g/mol. The second-order valence-corrected chi connectivity index (χ2v) is 16.8. The molecule has 12 aromatic rings. The van der Waals surface area contributed by atoms with Crippen LogP contribution in [0.1, 0.15) is 0 Å². The number of nitrogens with zero attached hydrogens (tertiary/aromatic N) is 1. The smallest absolute Gasteiger partial charge is 0.0546 e. The van der Waals surface area contributed by atoms with Crippen LogP contribution >= 0.6 is 0 Å². The molecule has 0 aliphatic carbocycles. The Kier molecular flexibility index (Phi) is 9.58. The van der Waals surface area contributed by atoms with Crippen molar-refractivity contribution in [2.24, 2.45) is 0 Å². The summed E-state index contributed by atoms with van der Waals surface area (Å²) in [6, 6.07) is 95.3. The molecule has 0 saturated carbocycles. The number of hydrogen-bond donors (Lipinski definition) is 0. The third kappa shape index (κ3) is 6.92. The summed E-state index contributed by atoms with van der Waals surface area (Å²) in [7, 11) is 0. The van der Waals surface area contributed by atoms with E-state index in [1.807, 2.05) is 0 Å². The van der Waals surface area contributed by atoms with Gasteiger partial charge in [-0.15, -0.1) is 0 Å². The predicted octanol–water partition coefficient (Wildman–Crippen LogP) is 18.1. The summed E-state index contributed by atoms with van der Waals surface area (Å²) in [6.45, 7) is 0. The van der Waals surface area contributed by atoms with Crippen molar-refractivity contribution in [1.29, 1.82) is 0 Å². The average Bonchev–Trinajstić information content (AvgIpc) is 3.39. The number of benzene rings is 12. The molecule has 1 heteroatoms. The second kappa shape index (κ2) is 16.3. The Balaban J connectivity index is 1.05. The van der Waals surface area contributed by atoms with E-state index in [1.54, 1.807) is 0 Å². The molecule has 304 valence electrons. The molecule has 0 radical (unpaired) electrons. The van der Waals surface area contributed by atoms with Crippen LogP contribution in [0.3, 0.4) is 0 Å². The summed E-state index contributed by atoms with van der Waals surface area (Å²) >= 11 is 0. The molecule has 0 aliphatic rings. The quantitative estimate of drug-likeness (QED) is 0.138. The molecule has 0 aliphatic heterocycles. The van der Waals surface area contributed by atoms with E-state index in [2.05, 4.69) is 266 Å². The maximum Gasteiger partial charge on any atom is 0.0546 e. The van der Waals surface area contributed by atoms with Crippen LogP contribution in [0.2, 0.25) is 0 Å². The fraction of sp³-hybridized carbons (Fsp3) is 0. The Morgan fingerprint density at radius 1 is 0.215 bits per heavy atom. The zero-order chi connectivity index (χ0) is 43.1. The van der Waals surface area contributed by atoms with Crippen LogP contribution in [0, 0.1) is 0 Å². The molecule has 0 heterocycles. The summed E-state index contributed by atoms with van der Waals surface area (Å²) in [6.07, 6.45) is 0. The van der Waals surface area contributed by atoms with Gasteiger partial charge in [0.1, 0.15) is 0 Å². The van der Waals surface area contributed by atoms with Crippen LogP contribution in [-0.2, 0) is 0 Å². The van der Waals surface area contributed by atoms with Crippen molar-refractivity contribution in [3.05, 3.63) is 261 Å². The topological polar surface area (TPSA) is 3.24 Å². The lowest BCUT2D eigenvalue weighted by Gasteiger charge is -2.30. The van der Waals surface area contributed by atoms with Gasteiger partial charge in [-0.25, -0.2) is 0 Å². The normalized spacial score (nSPS) is 11.4. The fourth-order valence-electron chi connectivity index (χ4n) is 9.94. The minimum absolute atomic E-state index is 1.08. The van der Waals surface area contributed by atoms with E-state index >= 15 is 0 Å². The van der Waals surface area contributed by atoms with Crippen LogP contribution in [-0.4, -0.2) is 0 Å². The van der Waals surface area contributed by atoms with Crippen molar-refractivity contribution >= 4 is 60.2 Å². The lowest BCUT2D eigenvalue weighted by molar-refractivity contribution is 1.28. The summed E-state index contributed by atoms with van der Waals surface area (Å²) in [5.74, 6) is 0. The van der Waals surface area contributed by atoms with Gasteiger partial charge in [0.15, 0.2) is 0 Å². The van der Waals surface area contributed by atoms with Crippen molar-refractivity contribution in [3.63, 3.8) is 0 Å². The number of hydrogen-bond acceptors (Lipinski definition) is 1. The molecule has 0 saturated heterocycles. The second-order valence-electron chi connectivity index (χ2n) is 16.8. The van der Waals surface area contributed by atoms with Crippen LogP contribution in [0.4, 0.5) is 17.1 Å². The molecule has 0 amide bonds. The lowest BCUT2D eigenvalue weighted by Crippen LogP contribution is -2.12. The molecule has 0 bridgehead atoms. The standard InChI is InChI=1S/C64H43N/c1-3-16-45(17-4-1)55-23-11-14-27-61(55)64-58(46-18-5-2-6-19-46)28-15-29-63(64)65(52-37-32-44(33-38-52)49-36-41-57-51(42-49)31-30-47-20-7-9-22-54(47)57)53-39-34-48(35-40-53)62-43-50-21-8-10-24-56(50)59-25-12-13-26-60(59)62/h1-43H. The first kappa shape index (κ1) is 38.2. The van der Waals surface area contributed by atoms with Gasteiger partial charge >= 0.3 is 0 Å². The van der Waals surface area contributed by atoms with Gasteiger partial charge in [0, 0.05) is 16.9 Å². The first-order valence-electron chi connectivity index (χ1n) is 22.4. The highest BCUT2D eigenvalue weighted by molar-refractivity contribution is 6.14. The molecule has 1 nitrogen and oxygen atoms in total. The molecule has 0 fully saturated rings. The molecule has 12 aromatic carbocycles. The first-order chi connectivity index (χ1) is 32.2. The van der Waals surface area contributed by atoms with Crippen LogP contribution in [0.15, 0.2) is 261 Å².